The highest BCUT2D eigenvalue weighted by molar-refractivity contribution is 6.33. The molecule has 2 aromatic carbocycles. The number of halogens is 1. The first-order chi connectivity index (χ1) is 16.1. The number of aliphatic carboxylic acids is 2. The average Bonchev–Trinajstić information content (AvgIpc) is 3.13. The molecule has 0 radical (unpaired) electrons. The Morgan fingerprint density at radius 3 is 2.32 bits per heavy atom. The van der Waals surface area contributed by atoms with E-state index < -0.39 is 11.9 Å². The first-order valence-corrected chi connectivity index (χ1v) is 10.6. The lowest BCUT2D eigenvalue weighted by Crippen LogP contribution is -2.38. The summed E-state index contributed by atoms with van der Waals surface area (Å²) in [5, 5.41) is 23.4. The third kappa shape index (κ3) is 8.07. The molecule has 1 fully saturated rings. The zero-order valence-electron chi connectivity index (χ0n) is 18.8. The Hall–Kier alpha value is -3.60. The smallest absolute Gasteiger partial charge is 0.328 e. The van der Waals surface area contributed by atoms with E-state index in [1.807, 2.05) is 25.2 Å². The van der Waals surface area contributed by atoms with Crippen LogP contribution in [0.25, 0.3) is 0 Å². The fourth-order valence-corrected chi connectivity index (χ4v) is 3.44. The summed E-state index contributed by atoms with van der Waals surface area (Å²) in [6.07, 6.45) is 1.12. The van der Waals surface area contributed by atoms with Crippen molar-refractivity contribution in [1.82, 2.24) is 15.3 Å². The van der Waals surface area contributed by atoms with Gasteiger partial charge in [-0.15, -0.1) is 0 Å². The average molecular weight is 491 g/mol. The molecule has 1 aliphatic rings. The molecule has 0 aliphatic carbocycles. The lowest BCUT2D eigenvalue weighted by molar-refractivity contribution is -0.134. The highest BCUT2D eigenvalue weighted by atomic mass is 35.5. The van der Waals surface area contributed by atoms with Gasteiger partial charge >= 0.3 is 11.9 Å². The normalized spacial score (nSPS) is 16.0. The molecule has 1 heterocycles. The standard InChI is InChI=1S/C19H23ClN4O2.C4H4O4/c1-23-11-14(12-24(23)10-13-6-4-3-5-7-13)22-19(25)15-8-16(20)17(21)9-18(15)26-2;5-3(6)1-2-4(7)8/h3-9,14H,10-12,21H2,1-2H3,(H,22,25);1-2H,(H,5,6)(H,7,8)/b;2-1+. The number of ether oxygens (including phenoxy) is 1. The van der Waals surface area contributed by atoms with Crippen molar-refractivity contribution in [2.75, 3.05) is 33.0 Å². The molecule has 1 aliphatic heterocycles. The largest absolute Gasteiger partial charge is 0.496 e. The number of amides is 1. The molecule has 1 atom stereocenters. The molecule has 0 spiro atoms. The number of methoxy groups -OCH3 is 1. The second-order valence-electron chi connectivity index (χ2n) is 7.43. The van der Waals surface area contributed by atoms with E-state index in [1.165, 1.54) is 12.7 Å². The summed E-state index contributed by atoms with van der Waals surface area (Å²) in [5.74, 6) is -2.32. The number of carbonyl (C=O) groups excluding carboxylic acids is 1. The minimum atomic E-state index is -1.26. The molecule has 0 bridgehead atoms. The van der Waals surface area contributed by atoms with Crippen LogP contribution < -0.4 is 15.8 Å². The van der Waals surface area contributed by atoms with Gasteiger partial charge in [0.15, 0.2) is 0 Å². The third-order valence-electron chi connectivity index (χ3n) is 4.87. The highest BCUT2D eigenvalue weighted by Gasteiger charge is 2.29. The SMILES string of the molecule is COc1cc(N)c(Cl)cc1C(=O)NC1CN(C)N(Cc2ccccc2)C1.O=C(O)/C=C/C(=O)O. The Labute approximate surface area is 202 Å². The van der Waals surface area contributed by atoms with Crippen molar-refractivity contribution in [2.24, 2.45) is 0 Å². The van der Waals surface area contributed by atoms with Gasteiger partial charge in [-0.2, -0.15) is 0 Å². The number of anilines is 1. The molecule has 1 saturated heterocycles. The predicted octanol–water partition coefficient (Wildman–Crippen LogP) is 2.10. The van der Waals surface area contributed by atoms with E-state index in [9.17, 15) is 14.4 Å². The van der Waals surface area contributed by atoms with E-state index in [0.717, 1.165) is 19.6 Å². The van der Waals surface area contributed by atoms with Crippen LogP contribution in [0.2, 0.25) is 5.02 Å². The summed E-state index contributed by atoms with van der Waals surface area (Å²) in [7, 11) is 3.53. The molecule has 1 unspecified atom stereocenters. The number of hydrogen-bond donors (Lipinski definition) is 4. The molecule has 3 rings (SSSR count). The molecule has 10 nitrogen and oxygen atoms in total. The van der Waals surface area contributed by atoms with E-state index in [1.54, 1.807) is 12.1 Å². The molecule has 0 saturated carbocycles. The minimum absolute atomic E-state index is 0.0113. The Bertz CT molecular complexity index is 1030. The van der Waals surface area contributed by atoms with Crippen molar-refractivity contribution in [3.05, 3.63) is 70.8 Å². The van der Waals surface area contributed by atoms with Gasteiger partial charge in [-0.3, -0.25) is 4.79 Å². The van der Waals surface area contributed by atoms with Crippen LogP contribution >= 0.6 is 11.6 Å². The molecule has 0 aromatic heterocycles. The zero-order valence-corrected chi connectivity index (χ0v) is 19.5. The molecule has 5 N–H and O–H groups in total. The highest BCUT2D eigenvalue weighted by Crippen LogP contribution is 2.29. The maximum Gasteiger partial charge on any atom is 0.328 e. The number of nitrogens with zero attached hydrogens (tertiary/aromatic N) is 2. The van der Waals surface area contributed by atoms with E-state index >= 15 is 0 Å². The maximum absolute atomic E-state index is 12.7. The second-order valence-corrected chi connectivity index (χ2v) is 7.83. The Kier molecular flexibility index (Phi) is 9.87. The van der Waals surface area contributed by atoms with Crippen LogP contribution in [0.15, 0.2) is 54.6 Å². The molecular weight excluding hydrogens is 464 g/mol. The summed E-state index contributed by atoms with van der Waals surface area (Å²) < 4.78 is 5.27. The van der Waals surface area contributed by atoms with Crippen LogP contribution in [0.3, 0.4) is 0 Å². The number of likely N-dealkylation sites (N-methyl/N-ethyl adjacent to an activating group) is 1. The summed E-state index contributed by atoms with van der Waals surface area (Å²) in [6.45, 7) is 2.28. The van der Waals surface area contributed by atoms with Gasteiger partial charge in [-0.05, 0) is 11.6 Å². The Morgan fingerprint density at radius 1 is 1.15 bits per heavy atom. The number of benzene rings is 2. The summed E-state index contributed by atoms with van der Waals surface area (Å²) in [4.78, 5) is 31.8. The lowest BCUT2D eigenvalue weighted by atomic mass is 10.1. The van der Waals surface area contributed by atoms with Gasteiger partial charge < -0.3 is 26.0 Å². The fourth-order valence-electron chi connectivity index (χ4n) is 3.28. The van der Waals surface area contributed by atoms with Gasteiger partial charge in [0.1, 0.15) is 5.75 Å². The van der Waals surface area contributed by atoms with E-state index in [4.69, 9.17) is 32.3 Å². The number of hydrogen-bond acceptors (Lipinski definition) is 7. The van der Waals surface area contributed by atoms with Gasteiger partial charge in [0.25, 0.3) is 5.91 Å². The summed E-state index contributed by atoms with van der Waals surface area (Å²) in [5.41, 5.74) is 7.79. The van der Waals surface area contributed by atoms with Gasteiger partial charge in [0, 0.05) is 44.9 Å². The minimum Gasteiger partial charge on any atom is -0.496 e. The van der Waals surface area contributed by atoms with Crippen molar-refractivity contribution in [3.63, 3.8) is 0 Å². The first-order valence-electron chi connectivity index (χ1n) is 10.2. The van der Waals surface area contributed by atoms with Crippen molar-refractivity contribution in [2.45, 2.75) is 12.6 Å². The second kappa shape index (κ2) is 12.6. The number of rotatable bonds is 7. The fraction of sp³-hybridized carbons (Fsp3) is 0.261. The number of nitrogens with one attached hydrogen (secondary N) is 1. The number of nitrogens with two attached hydrogens (primary N) is 1. The third-order valence-corrected chi connectivity index (χ3v) is 5.20. The zero-order chi connectivity index (χ0) is 25.3. The van der Waals surface area contributed by atoms with Gasteiger partial charge in [0.2, 0.25) is 0 Å². The van der Waals surface area contributed by atoms with Crippen LogP contribution in [0, 0.1) is 0 Å². The number of nitrogen functional groups attached to an aromatic ring is 1. The van der Waals surface area contributed by atoms with Gasteiger partial charge in [-0.25, -0.2) is 19.6 Å². The van der Waals surface area contributed by atoms with Crippen LogP contribution in [0.1, 0.15) is 15.9 Å². The molecule has 11 heteroatoms. The number of carbonyl (C=O) groups is 3. The van der Waals surface area contributed by atoms with Gasteiger partial charge in [-0.1, -0.05) is 41.9 Å². The van der Waals surface area contributed by atoms with E-state index in [-0.39, 0.29) is 11.9 Å². The summed E-state index contributed by atoms with van der Waals surface area (Å²) in [6, 6.07) is 13.4. The molecule has 182 valence electrons. The summed E-state index contributed by atoms with van der Waals surface area (Å²) >= 11 is 6.06. The van der Waals surface area contributed by atoms with Crippen LogP contribution in [-0.2, 0) is 16.1 Å². The van der Waals surface area contributed by atoms with Crippen molar-refractivity contribution < 1.29 is 29.3 Å². The quantitative estimate of drug-likeness (QED) is 0.338. The number of carboxylic acid groups (broad SMARTS) is 2. The predicted molar refractivity (Wildman–Crippen MR) is 128 cm³/mol. The van der Waals surface area contributed by atoms with Crippen LogP contribution in [0.4, 0.5) is 5.69 Å². The molecule has 34 heavy (non-hydrogen) atoms. The van der Waals surface area contributed by atoms with Crippen molar-refractivity contribution in [1.29, 1.82) is 0 Å². The maximum atomic E-state index is 12.7. The first kappa shape index (κ1) is 26.7. The molecule has 2 aromatic rings. The Balaban J connectivity index is 0.000000440. The van der Waals surface area contributed by atoms with Gasteiger partial charge in [0.05, 0.1) is 29.4 Å². The Morgan fingerprint density at radius 2 is 1.76 bits per heavy atom. The lowest BCUT2D eigenvalue weighted by Gasteiger charge is -2.23. The molecular formula is C23H27ClN4O6. The monoisotopic (exact) mass is 490 g/mol. The van der Waals surface area contributed by atoms with E-state index in [2.05, 4.69) is 27.5 Å². The number of carboxylic acids is 2. The topological polar surface area (TPSA) is 145 Å². The van der Waals surface area contributed by atoms with Crippen LogP contribution in [-0.4, -0.2) is 71.4 Å². The van der Waals surface area contributed by atoms with Crippen molar-refractivity contribution in [3.8, 4) is 5.75 Å². The van der Waals surface area contributed by atoms with Crippen molar-refractivity contribution >= 4 is 35.1 Å². The molecule has 1 amide bonds. The number of hydrazine groups is 1. The van der Waals surface area contributed by atoms with Crippen LogP contribution in [0.5, 0.6) is 5.75 Å². The van der Waals surface area contributed by atoms with E-state index in [0.29, 0.717) is 34.2 Å².